The monoisotopic (exact) mass is 372 g/mol. The molecule has 22 heavy (non-hydrogen) atoms. The summed E-state index contributed by atoms with van der Waals surface area (Å²) in [5.41, 5.74) is -0.476. The van der Waals surface area contributed by atoms with Crippen LogP contribution in [0.1, 0.15) is 40.0 Å². The first-order valence-electron chi connectivity index (χ1n) is 7.85. The fourth-order valence-corrected chi connectivity index (χ4v) is 4.39. The van der Waals surface area contributed by atoms with Gasteiger partial charge in [0.1, 0.15) is 5.60 Å². The van der Waals surface area contributed by atoms with E-state index in [0.29, 0.717) is 16.9 Å². The molecule has 4 atom stereocenters. The van der Waals surface area contributed by atoms with Crippen LogP contribution < -0.4 is 0 Å². The zero-order valence-electron chi connectivity index (χ0n) is 13.2. The van der Waals surface area contributed by atoms with E-state index in [1.807, 2.05) is 31.7 Å². The van der Waals surface area contributed by atoms with Gasteiger partial charge in [0.15, 0.2) is 0 Å². The Kier molecular flexibility index (Phi) is 4.08. The fraction of sp³-hybridized carbons (Fsp3) is 0.750. The summed E-state index contributed by atoms with van der Waals surface area (Å²) >= 11 is 3.23. The highest BCUT2D eigenvalue weighted by molar-refractivity contribution is 9.12. The van der Waals surface area contributed by atoms with E-state index in [-0.39, 0.29) is 24.1 Å². The number of fused-ring (bicyclic) bond motifs is 2. The van der Waals surface area contributed by atoms with Gasteiger partial charge in [-0.05, 0) is 61.9 Å². The lowest BCUT2D eigenvalue weighted by Gasteiger charge is -2.30. The number of allylic oxidation sites excluding steroid dienone is 1. The lowest BCUT2D eigenvalue weighted by Crippen LogP contribution is -2.41. The Bertz CT molecular complexity index is 541. The Morgan fingerprint density at radius 2 is 2.18 bits per heavy atom. The summed E-state index contributed by atoms with van der Waals surface area (Å²) in [5.74, 6) is 0.105. The van der Waals surface area contributed by atoms with Gasteiger partial charge in [0.25, 0.3) is 0 Å². The number of carbonyl (C=O) groups excluding carboxylic acids is 1. The molecule has 0 saturated carbocycles. The van der Waals surface area contributed by atoms with Crippen molar-refractivity contribution >= 4 is 28.0 Å². The van der Waals surface area contributed by atoms with E-state index in [4.69, 9.17) is 4.74 Å². The van der Waals surface area contributed by atoms with Crippen LogP contribution in [0.3, 0.4) is 0 Å². The molecule has 3 heterocycles. The van der Waals surface area contributed by atoms with Crippen LogP contribution in [0.4, 0.5) is 9.18 Å². The normalized spacial score (nSPS) is 34.5. The number of hydrogen-bond acceptors (Lipinski definition) is 3. The lowest BCUT2D eigenvalue weighted by molar-refractivity contribution is 0.0200. The standard InChI is InChI=1S/C16H22BrFN2O2/c1-16(2,3)22-15(21)20-10-4-5-13(20)11(7-10)9-6-12(17)14(18)19-8-9/h6,9-11,13H,4-5,7-8H2,1-3H3. The van der Waals surface area contributed by atoms with Gasteiger partial charge >= 0.3 is 6.09 Å². The Morgan fingerprint density at radius 1 is 1.45 bits per heavy atom. The summed E-state index contributed by atoms with van der Waals surface area (Å²) in [6.07, 6.45) is 4.71. The maximum absolute atomic E-state index is 13.4. The van der Waals surface area contributed by atoms with Gasteiger partial charge in [-0.3, -0.25) is 4.99 Å². The average Bonchev–Trinajstić information content (AvgIpc) is 2.97. The summed E-state index contributed by atoms with van der Waals surface area (Å²) in [6, 6.07) is 0.450. The van der Waals surface area contributed by atoms with E-state index >= 15 is 0 Å². The maximum atomic E-state index is 13.4. The van der Waals surface area contributed by atoms with Crippen molar-refractivity contribution in [3.63, 3.8) is 0 Å². The number of aliphatic imine (C=N–C) groups is 1. The number of hydrogen-bond donors (Lipinski definition) is 0. The zero-order valence-corrected chi connectivity index (χ0v) is 14.8. The minimum absolute atomic E-state index is 0.189. The highest BCUT2D eigenvalue weighted by Gasteiger charge is 2.51. The van der Waals surface area contributed by atoms with Gasteiger partial charge in [-0.15, -0.1) is 0 Å². The minimum atomic E-state index is -0.476. The van der Waals surface area contributed by atoms with Crippen molar-refractivity contribution in [2.24, 2.45) is 16.8 Å². The molecule has 0 N–H and O–H groups in total. The van der Waals surface area contributed by atoms with Crippen LogP contribution in [0.2, 0.25) is 0 Å². The van der Waals surface area contributed by atoms with Gasteiger partial charge in [-0.25, -0.2) is 4.79 Å². The first-order chi connectivity index (χ1) is 10.3. The van der Waals surface area contributed by atoms with Gasteiger partial charge in [0, 0.05) is 24.5 Å². The third kappa shape index (κ3) is 2.94. The van der Waals surface area contributed by atoms with Crippen LogP contribution in [-0.4, -0.2) is 41.2 Å². The molecule has 6 heteroatoms. The first-order valence-corrected chi connectivity index (χ1v) is 8.64. The van der Waals surface area contributed by atoms with E-state index in [1.54, 1.807) is 0 Å². The molecule has 0 aliphatic carbocycles. The maximum Gasteiger partial charge on any atom is 0.410 e. The Hall–Kier alpha value is -0.910. The molecule has 2 bridgehead atoms. The lowest BCUT2D eigenvalue weighted by atomic mass is 9.79. The van der Waals surface area contributed by atoms with Crippen molar-refractivity contribution in [1.29, 1.82) is 0 Å². The fourth-order valence-electron chi connectivity index (χ4n) is 3.92. The SMILES string of the molecule is CC(C)(C)OC(=O)N1C2CCC1C(C1C=C(Br)C(F)=NC1)C2. The Morgan fingerprint density at radius 3 is 2.82 bits per heavy atom. The number of nitrogens with zero attached hydrogens (tertiary/aromatic N) is 2. The Labute approximate surface area is 138 Å². The summed E-state index contributed by atoms with van der Waals surface area (Å²) < 4.78 is 19.4. The second kappa shape index (κ2) is 5.62. The van der Waals surface area contributed by atoms with Gasteiger partial charge in [0.2, 0.25) is 5.97 Å². The van der Waals surface area contributed by atoms with Crippen molar-refractivity contribution < 1.29 is 13.9 Å². The molecular formula is C16H22BrFN2O2. The molecule has 122 valence electrons. The van der Waals surface area contributed by atoms with Crippen molar-refractivity contribution in [1.82, 2.24) is 4.90 Å². The van der Waals surface area contributed by atoms with Crippen molar-refractivity contribution in [2.75, 3.05) is 6.54 Å². The Balaban J connectivity index is 1.73. The molecule has 3 aliphatic heterocycles. The molecule has 2 fully saturated rings. The average molecular weight is 373 g/mol. The molecule has 3 aliphatic rings. The van der Waals surface area contributed by atoms with Crippen LogP contribution in [0.25, 0.3) is 0 Å². The van der Waals surface area contributed by atoms with E-state index < -0.39 is 11.6 Å². The smallest absolute Gasteiger partial charge is 0.410 e. The number of ether oxygens (including phenoxy) is 1. The second-order valence-electron chi connectivity index (χ2n) is 7.40. The van der Waals surface area contributed by atoms with E-state index in [2.05, 4.69) is 20.9 Å². The predicted molar refractivity (Wildman–Crippen MR) is 86.9 cm³/mol. The highest BCUT2D eigenvalue weighted by atomic mass is 79.9. The van der Waals surface area contributed by atoms with Gasteiger partial charge < -0.3 is 9.64 Å². The number of amides is 1. The topological polar surface area (TPSA) is 41.9 Å². The van der Waals surface area contributed by atoms with Gasteiger partial charge in [-0.2, -0.15) is 4.39 Å². The molecular weight excluding hydrogens is 351 g/mol. The molecule has 0 spiro atoms. The third-order valence-corrected chi connectivity index (χ3v) is 5.33. The molecule has 2 saturated heterocycles. The van der Waals surface area contributed by atoms with Crippen LogP contribution in [0.15, 0.2) is 15.6 Å². The molecule has 3 rings (SSSR count). The highest BCUT2D eigenvalue weighted by Crippen LogP contribution is 2.46. The van der Waals surface area contributed by atoms with Crippen molar-refractivity contribution in [2.45, 2.75) is 57.7 Å². The number of dihydropyridines is 1. The molecule has 0 aromatic rings. The van der Waals surface area contributed by atoms with Crippen molar-refractivity contribution in [3.8, 4) is 0 Å². The first kappa shape index (κ1) is 16.0. The van der Waals surface area contributed by atoms with Gasteiger partial charge in [-0.1, -0.05) is 6.08 Å². The number of halogens is 2. The van der Waals surface area contributed by atoms with Crippen LogP contribution in [0, 0.1) is 11.8 Å². The molecule has 0 radical (unpaired) electrons. The van der Waals surface area contributed by atoms with Crippen molar-refractivity contribution in [3.05, 3.63) is 10.6 Å². The van der Waals surface area contributed by atoms with Crippen LogP contribution in [0.5, 0.6) is 0 Å². The predicted octanol–water partition coefficient (Wildman–Crippen LogP) is 4.05. The van der Waals surface area contributed by atoms with E-state index in [1.165, 1.54) is 0 Å². The molecule has 0 aromatic heterocycles. The van der Waals surface area contributed by atoms with Gasteiger partial charge in [0.05, 0.1) is 4.48 Å². The zero-order chi connectivity index (χ0) is 16.1. The van der Waals surface area contributed by atoms with Crippen LogP contribution >= 0.6 is 15.9 Å². The minimum Gasteiger partial charge on any atom is -0.444 e. The molecule has 4 unspecified atom stereocenters. The largest absolute Gasteiger partial charge is 0.444 e. The molecule has 1 amide bonds. The number of rotatable bonds is 1. The second-order valence-corrected chi connectivity index (χ2v) is 8.25. The van der Waals surface area contributed by atoms with E-state index in [0.717, 1.165) is 19.3 Å². The summed E-state index contributed by atoms with van der Waals surface area (Å²) in [5, 5.41) is 0. The summed E-state index contributed by atoms with van der Waals surface area (Å²) in [7, 11) is 0. The molecule has 0 aromatic carbocycles. The third-order valence-electron chi connectivity index (χ3n) is 4.74. The summed E-state index contributed by atoms with van der Waals surface area (Å²) in [4.78, 5) is 18.3. The van der Waals surface area contributed by atoms with E-state index in [9.17, 15) is 9.18 Å². The molecule has 4 nitrogen and oxygen atoms in total. The summed E-state index contributed by atoms with van der Waals surface area (Å²) in [6.45, 7) is 6.13. The quantitative estimate of drug-likeness (QED) is 0.696. The number of carbonyl (C=O) groups is 1. The van der Waals surface area contributed by atoms with Crippen LogP contribution in [-0.2, 0) is 4.74 Å².